The second kappa shape index (κ2) is 4.58. The Hall–Kier alpha value is -1.48. The van der Waals surface area contributed by atoms with Gasteiger partial charge in [0.25, 0.3) is 0 Å². The van der Waals surface area contributed by atoms with E-state index in [1.54, 1.807) is 0 Å². The molecule has 0 N–H and O–H groups in total. The lowest BCUT2D eigenvalue weighted by Gasteiger charge is -2.07. The topological polar surface area (TPSA) is 43.4 Å². The van der Waals surface area contributed by atoms with Crippen molar-refractivity contribution in [1.82, 2.24) is 0 Å². The Bertz CT molecular complexity index is 397. The molecule has 1 heterocycles. The monoisotopic (exact) mass is 218 g/mol. The van der Waals surface area contributed by atoms with Crippen LogP contribution in [0.25, 0.3) is 0 Å². The molecule has 3 nitrogen and oxygen atoms in total. The van der Waals surface area contributed by atoms with E-state index in [1.807, 2.05) is 30.3 Å². The molecule has 1 fully saturated rings. The summed E-state index contributed by atoms with van der Waals surface area (Å²) in [4.78, 5) is 22.9. The Morgan fingerprint density at radius 1 is 1.38 bits per heavy atom. The lowest BCUT2D eigenvalue weighted by molar-refractivity contribution is -0.128. The third-order valence-corrected chi connectivity index (χ3v) is 2.80. The Morgan fingerprint density at radius 3 is 2.69 bits per heavy atom. The fourth-order valence-corrected chi connectivity index (χ4v) is 1.97. The summed E-state index contributed by atoms with van der Waals surface area (Å²) in [6.07, 6.45) is -0.343. The second-order valence-corrected chi connectivity index (χ2v) is 4.09. The summed E-state index contributed by atoms with van der Waals surface area (Å²) < 4.78 is 5.37. The molecule has 1 aliphatic rings. The third-order valence-electron chi connectivity index (χ3n) is 2.80. The van der Waals surface area contributed by atoms with E-state index in [4.69, 9.17) is 4.74 Å². The van der Waals surface area contributed by atoms with E-state index in [2.05, 4.69) is 0 Å². The van der Waals surface area contributed by atoms with E-state index < -0.39 is 6.10 Å². The van der Waals surface area contributed by atoms with Crippen LogP contribution in [0.5, 0.6) is 0 Å². The molecule has 0 saturated carbocycles. The van der Waals surface area contributed by atoms with Gasteiger partial charge in [-0.25, -0.2) is 0 Å². The van der Waals surface area contributed by atoms with Gasteiger partial charge >= 0.3 is 0 Å². The second-order valence-electron chi connectivity index (χ2n) is 4.09. The number of Topliss-reactive ketones (excluding diaryl/α,β-unsaturated/α-hetero) is 2. The minimum absolute atomic E-state index is 0.00735. The summed E-state index contributed by atoms with van der Waals surface area (Å²) in [5.41, 5.74) is 0.971. The summed E-state index contributed by atoms with van der Waals surface area (Å²) in [6, 6.07) is 9.56. The van der Waals surface area contributed by atoms with Crippen molar-refractivity contribution in [3.8, 4) is 0 Å². The van der Waals surface area contributed by atoms with Gasteiger partial charge in [-0.05, 0) is 12.5 Å². The zero-order valence-electron chi connectivity index (χ0n) is 9.18. The molecule has 0 aromatic heterocycles. The van der Waals surface area contributed by atoms with E-state index in [1.165, 1.54) is 6.92 Å². The number of rotatable bonds is 3. The minimum atomic E-state index is -0.539. The van der Waals surface area contributed by atoms with Crippen LogP contribution >= 0.6 is 0 Å². The number of ketones is 2. The van der Waals surface area contributed by atoms with Crippen LogP contribution in [0.1, 0.15) is 24.8 Å². The highest BCUT2D eigenvalue weighted by Gasteiger charge is 2.36. The Morgan fingerprint density at radius 2 is 2.06 bits per heavy atom. The summed E-state index contributed by atoms with van der Waals surface area (Å²) in [5.74, 6) is -0.181. The van der Waals surface area contributed by atoms with Crippen LogP contribution in [0.3, 0.4) is 0 Å². The fraction of sp³-hybridized carbons (Fsp3) is 0.385. The van der Waals surface area contributed by atoms with Gasteiger partial charge in [-0.1, -0.05) is 30.3 Å². The van der Waals surface area contributed by atoms with Gasteiger partial charge in [-0.2, -0.15) is 0 Å². The van der Waals surface area contributed by atoms with Crippen LogP contribution in [0, 0.1) is 0 Å². The van der Waals surface area contributed by atoms with Crippen molar-refractivity contribution >= 4 is 11.6 Å². The lowest BCUT2D eigenvalue weighted by Crippen LogP contribution is -2.21. The van der Waals surface area contributed by atoms with Crippen LogP contribution in [-0.4, -0.2) is 24.3 Å². The Kier molecular flexibility index (Phi) is 3.15. The van der Waals surface area contributed by atoms with Crippen LogP contribution in [0.2, 0.25) is 0 Å². The van der Waals surface area contributed by atoms with Gasteiger partial charge in [0.15, 0.2) is 5.78 Å². The molecule has 2 atom stereocenters. The summed E-state index contributed by atoms with van der Waals surface area (Å²) in [5, 5.41) is 0. The quantitative estimate of drug-likeness (QED) is 0.775. The number of hydrogen-bond acceptors (Lipinski definition) is 3. The molecule has 16 heavy (non-hydrogen) atoms. The van der Waals surface area contributed by atoms with Gasteiger partial charge in [0, 0.05) is 6.42 Å². The minimum Gasteiger partial charge on any atom is -0.369 e. The molecule has 2 rings (SSSR count). The van der Waals surface area contributed by atoms with Crippen molar-refractivity contribution in [3.63, 3.8) is 0 Å². The normalized spacial score (nSPS) is 24.7. The van der Waals surface area contributed by atoms with E-state index in [0.717, 1.165) is 5.56 Å². The maximum absolute atomic E-state index is 12.0. The smallest absolute Gasteiger partial charge is 0.171 e. The molecule has 84 valence electrons. The molecule has 1 aliphatic heterocycles. The van der Waals surface area contributed by atoms with E-state index in [9.17, 15) is 9.59 Å². The number of carbonyl (C=O) groups is 2. The van der Waals surface area contributed by atoms with E-state index >= 15 is 0 Å². The third kappa shape index (κ3) is 2.19. The molecular weight excluding hydrogens is 204 g/mol. The van der Waals surface area contributed by atoms with Gasteiger partial charge in [0.05, 0.1) is 12.5 Å². The number of carbonyl (C=O) groups excluding carboxylic acids is 2. The molecule has 1 saturated heterocycles. The highest BCUT2D eigenvalue weighted by molar-refractivity contribution is 5.94. The van der Waals surface area contributed by atoms with Crippen molar-refractivity contribution in [2.75, 3.05) is 6.61 Å². The van der Waals surface area contributed by atoms with E-state index in [0.29, 0.717) is 6.61 Å². The molecular formula is C13H14O3. The fourth-order valence-electron chi connectivity index (χ4n) is 1.97. The average molecular weight is 218 g/mol. The first-order valence-corrected chi connectivity index (χ1v) is 5.38. The maximum atomic E-state index is 12.0. The Balaban J connectivity index is 2.11. The molecule has 0 aliphatic carbocycles. The molecule has 0 radical (unpaired) electrons. The van der Waals surface area contributed by atoms with Crippen molar-refractivity contribution in [3.05, 3.63) is 35.9 Å². The number of hydrogen-bond donors (Lipinski definition) is 0. The van der Waals surface area contributed by atoms with Gasteiger partial charge in [0.1, 0.15) is 11.9 Å². The molecule has 1 aromatic carbocycles. The highest BCUT2D eigenvalue weighted by atomic mass is 16.5. The van der Waals surface area contributed by atoms with Crippen molar-refractivity contribution in [2.24, 2.45) is 0 Å². The van der Waals surface area contributed by atoms with E-state index in [-0.39, 0.29) is 23.9 Å². The van der Waals surface area contributed by atoms with Crippen molar-refractivity contribution in [1.29, 1.82) is 0 Å². The van der Waals surface area contributed by atoms with Crippen molar-refractivity contribution < 1.29 is 14.3 Å². The standard InChI is InChI=1S/C13H14O3/c1-9(14)7-12-13(15)11(8-16-12)10-5-3-2-4-6-10/h2-6,11-12H,7-8H2,1H3. The average Bonchev–Trinajstić information content (AvgIpc) is 2.61. The zero-order valence-corrected chi connectivity index (χ0v) is 9.18. The summed E-state index contributed by atoms with van der Waals surface area (Å²) in [7, 11) is 0. The predicted molar refractivity (Wildman–Crippen MR) is 59.2 cm³/mol. The van der Waals surface area contributed by atoms with Crippen LogP contribution in [0.15, 0.2) is 30.3 Å². The summed E-state index contributed by atoms with van der Waals surface area (Å²) >= 11 is 0. The molecule has 0 amide bonds. The summed E-state index contributed by atoms with van der Waals surface area (Å²) in [6.45, 7) is 1.87. The zero-order chi connectivity index (χ0) is 11.5. The first kappa shape index (κ1) is 11.0. The highest BCUT2D eigenvalue weighted by Crippen LogP contribution is 2.27. The molecule has 2 unspecified atom stereocenters. The predicted octanol–water partition coefficient (Wildman–Crippen LogP) is 1.72. The molecule has 1 aromatic rings. The number of ether oxygens (including phenoxy) is 1. The first-order valence-electron chi connectivity index (χ1n) is 5.38. The van der Waals surface area contributed by atoms with Gasteiger partial charge in [0.2, 0.25) is 0 Å². The van der Waals surface area contributed by atoms with Crippen LogP contribution < -0.4 is 0 Å². The first-order chi connectivity index (χ1) is 7.68. The molecule has 0 spiro atoms. The maximum Gasteiger partial charge on any atom is 0.171 e. The van der Waals surface area contributed by atoms with Gasteiger partial charge < -0.3 is 4.74 Å². The van der Waals surface area contributed by atoms with Crippen LogP contribution in [-0.2, 0) is 14.3 Å². The largest absolute Gasteiger partial charge is 0.369 e. The Labute approximate surface area is 94.4 Å². The SMILES string of the molecule is CC(=O)CC1OCC(c2ccccc2)C1=O. The van der Waals surface area contributed by atoms with Crippen molar-refractivity contribution in [2.45, 2.75) is 25.4 Å². The molecule has 0 bridgehead atoms. The van der Waals surface area contributed by atoms with Crippen LogP contribution in [0.4, 0.5) is 0 Å². The molecule has 3 heteroatoms. The number of benzene rings is 1. The van der Waals surface area contributed by atoms with Gasteiger partial charge in [-0.15, -0.1) is 0 Å². The van der Waals surface area contributed by atoms with Gasteiger partial charge in [-0.3, -0.25) is 9.59 Å². The lowest BCUT2D eigenvalue weighted by atomic mass is 9.94.